The molecule has 2 aromatic carbocycles. The molecule has 122 valence electrons. The normalized spacial score (nSPS) is 10.4. The number of carbonyl (C=O) groups is 1. The Morgan fingerprint density at radius 2 is 1.83 bits per heavy atom. The number of benzene rings is 2. The van der Waals surface area contributed by atoms with Gasteiger partial charge < -0.3 is 15.2 Å². The minimum absolute atomic E-state index is 0.158. The fourth-order valence-corrected chi connectivity index (χ4v) is 2.27. The zero-order valence-corrected chi connectivity index (χ0v) is 12.9. The Morgan fingerprint density at radius 3 is 2.54 bits per heavy atom. The van der Waals surface area contributed by atoms with Crippen molar-refractivity contribution in [2.24, 2.45) is 0 Å². The van der Waals surface area contributed by atoms with E-state index in [1.807, 2.05) is 35.0 Å². The van der Waals surface area contributed by atoms with Crippen LogP contribution < -0.4 is 10.6 Å². The lowest BCUT2D eigenvalue weighted by molar-refractivity contribution is 0.251. The molecule has 24 heavy (non-hydrogen) atoms. The molecule has 0 radical (unpaired) electrons. The average molecular weight is 324 g/mol. The van der Waals surface area contributed by atoms with Crippen molar-refractivity contribution in [3.63, 3.8) is 0 Å². The van der Waals surface area contributed by atoms with Crippen LogP contribution in [0.4, 0.5) is 14.9 Å². The van der Waals surface area contributed by atoms with Gasteiger partial charge in [0.1, 0.15) is 5.82 Å². The molecular formula is C18H17FN4O. The summed E-state index contributed by atoms with van der Waals surface area (Å²) in [6.07, 6.45) is 5.41. The van der Waals surface area contributed by atoms with Crippen molar-refractivity contribution in [3.8, 4) is 0 Å². The quantitative estimate of drug-likeness (QED) is 0.756. The molecule has 5 nitrogen and oxygen atoms in total. The molecular weight excluding hydrogens is 307 g/mol. The van der Waals surface area contributed by atoms with Gasteiger partial charge in [0.05, 0.1) is 12.0 Å². The first-order valence-electron chi connectivity index (χ1n) is 7.53. The topological polar surface area (TPSA) is 59.0 Å². The second kappa shape index (κ2) is 7.41. The van der Waals surface area contributed by atoms with Gasteiger partial charge in [-0.1, -0.05) is 36.4 Å². The van der Waals surface area contributed by atoms with Gasteiger partial charge in [-0.25, -0.2) is 14.2 Å². The third kappa shape index (κ3) is 4.19. The van der Waals surface area contributed by atoms with Crippen LogP contribution in [0.2, 0.25) is 0 Å². The fourth-order valence-electron chi connectivity index (χ4n) is 2.27. The minimum atomic E-state index is -0.462. The van der Waals surface area contributed by atoms with Crippen LogP contribution >= 0.6 is 0 Å². The predicted octanol–water partition coefficient (Wildman–Crippen LogP) is 3.39. The highest BCUT2D eigenvalue weighted by Crippen LogP contribution is 2.12. The number of hydrogen-bond donors (Lipinski definition) is 2. The summed E-state index contributed by atoms with van der Waals surface area (Å²) in [5.74, 6) is -0.462. The number of anilines is 1. The molecule has 2 amide bonds. The summed E-state index contributed by atoms with van der Waals surface area (Å²) >= 11 is 0. The average Bonchev–Trinajstić information content (AvgIpc) is 3.09. The monoisotopic (exact) mass is 324 g/mol. The number of urea groups is 1. The SMILES string of the molecule is O=C(NCc1ccc(Cn2ccnc2)cc1)Nc1ccccc1F. The highest BCUT2D eigenvalue weighted by Gasteiger charge is 2.05. The van der Waals surface area contributed by atoms with Crippen molar-refractivity contribution in [2.75, 3.05) is 5.32 Å². The van der Waals surface area contributed by atoms with Crippen LogP contribution in [0.3, 0.4) is 0 Å². The Bertz CT molecular complexity index is 800. The van der Waals surface area contributed by atoms with Crippen molar-refractivity contribution in [1.29, 1.82) is 0 Å². The maximum absolute atomic E-state index is 13.5. The number of nitrogens with one attached hydrogen (secondary N) is 2. The van der Waals surface area contributed by atoms with Crippen molar-refractivity contribution in [1.82, 2.24) is 14.9 Å². The molecule has 1 aromatic heterocycles. The first kappa shape index (κ1) is 15.7. The van der Waals surface area contributed by atoms with Crippen LogP contribution in [0.1, 0.15) is 11.1 Å². The van der Waals surface area contributed by atoms with Crippen LogP contribution in [0.5, 0.6) is 0 Å². The molecule has 0 atom stereocenters. The molecule has 6 heteroatoms. The molecule has 3 aromatic rings. The van der Waals surface area contributed by atoms with E-state index in [-0.39, 0.29) is 5.69 Å². The summed E-state index contributed by atoms with van der Waals surface area (Å²) in [7, 11) is 0. The standard InChI is InChI=1S/C18H17FN4O/c19-16-3-1-2-4-17(16)22-18(24)21-11-14-5-7-15(8-6-14)12-23-10-9-20-13-23/h1-10,13H,11-12H2,(H2,21,22,24). The molecule has 0 bridgehead atoms. The second-order valence-corrected chi connectivity index (χ2v) is 5.34. The third-order valence-electron chi connectivity index (χ3n) is 3.52. The van der Waals surface area contributed by atoms with Gasteiger partial charge in [-0.3, -0.25) is 0 Å². The molecule has 0 aliphatic rings. The van der Waals surface area contributed by atoms with Crippen LogP contribution in [0, 0.1) is 5.82 Å². The zero-order valence-electron chi connectivity index (χ0n) is 12.9. The zero-order chi connectivity index (χ0) is 16.8. The molecule has 0 spiro atoms. The van der Waals surface area contributed by atoms with Gasteiger partial charge in [-0.15, -0.1) is 0 Å². The van der Waals surface area contributed by atoms with Gasteiger partial charge in [0.25, 0.3) is 0 Å². The maximum Gasteiger partial charge on any atom is 0.319 e. The smallest absolute Gasteiger partial charge is 0.319 e. The highest BCUT2D eigenvalue weighted by atomic mass is 19.1. The number of amides is 2. The van der Waals surface area contributed by atoms with Crippen LogP contribution in [0.25, 0.3) is 0 Å². The van der Waals surface area contributed by atoms with E-state index < -0.39 is 11.8 Å². The summed E-state index contributed by atoms with van der Waals surface area (Å²) in [5, 5.41) is 5.19. The van der Waals surface area contributed by atoms with E-state index in [0.29, 0.717) is 6.54 Å². The van der Waals surface area contributed by atoms with Crippen molar-refractivity contribution < 1.29 is 9.18 Å². The predicted molar refractivity (Wildman–Crippen MR) is 90.0 cm³/mol. The Balaban J connectivity index is 1.51. The molecule has 0 aliphatic carbocycles. The van der Waals surface area contributed by atoms with E-state index in [0.717, 1.165) is 17.7 Å². The van der Waals surface area contributed by atoms with Gasteiger partial charge in [-0.05, 0) is 23.3 Å². The number of rotatable bonds is 5. The van der Waals surface area contributed by atoms with Crippen molar-refractivity contribution in [2.45, 2.75) is 13.1 Å². The highest BCUT2D eigenvalue weighted by molar-refractivity contribution is 5.89. The van der Waals surface area contributed by atoms with Gasteiger partial charge in [0, 0.05) is 25.5 Å². The van der Waals surface area contributed by atoms with Gasteiger partial charge in [0.15, 0.2) is 0 Å². The summed E-state index contributed by atoms with van der Waals surface area (Å²) < 4.78 is 15.4. The molecule has 0 unspecified atom stereocenters. The lowest BCUT2D eigenvalue weighted by Crippen LogP contribution is -2.28. The van der Waals surface area contributed by atoms with E-state index in [9.17, 15) is 9.18 Å². The van der Waals surface area contributed by atoms with Crippen molar-refractivity contribution in [3.05, 3.63) is 84.2 Å². The maximum atomic E-state index is 13.5. The Hall–Kier alpha value is -3.15. The van der Waals surface area contributed by atoms with Crippen molar-refractivity contribution >= 4 is 11.7 Å². The van der Waals surface area contributed by atoms with E-state index in [1.165, 1.54) is 12.1 Å². The number of halogens is 1. The molecule has 2 N–H and O–H groups in total. The number of carbonyl (C=O) groups excluding carboxylic acids is 1. The molecule has 0 saturated heterocycles. The molecule has 0 aliphatic heterocycles. The molecule has 0 fully saturated rings. The number of nitrogens with zero attached hydrogens (tertiary/aromatic N) is 2. The van der Waals surface area contributed by atoms with Crippen LogP contribution in [-0.2, 0) is 13.1 Å². The van der Waals surface area contributed by atoms with E-state index in [1.54, 1.807) is 24.7 Å². The summed E-state index contributed by atoms with van der Waals surface area (Å²) in [4.78, 5) is 15.8. The first-order valence-corrected chi connectivity index (χ1v) is 7.53. The van der Waals surface area contributed by atoms with Gasteiger partial charge >= 0.3 is 6.03 Å². The van der Waals surface area contributed by atoms with E-state index in [2.05, 4.69) is 15.6 Å². The minimum Gasteiger partial charge on any atom is -0.334 e. The number of imidazole rings is 1. The lowest BCUT2D eigenvalue weighted by Gasteiger charge is -2.09. The Morgan fingerprint density at radius 1 is 1.08 bits per heavy atom. The third-order valence-corrected chi connectivity index (χ3v) is 3.52. The lowest BCUT2D eigenvalue weighted by atomic mass is 10.1. The molecule has 1 heterocycles. The Kier molecular flexibility index (Phi) is 4.86. The Labute approximate surface area is 139 Å². The summed E-state index contributed by atoms with van der Waals surface area (Å²) in [6.45, 7) is 1.12. The fraction of sp³-hybridized carbons (Fsp3) is 0.111. The van der Waals surface area contributed by atoms with Gasteiger partial charge in [-0.2, -0.15) is 0 Å². The number of aromatic nitrogens is 2. The number of hydrogen-bond acceptors (Lipinski definition) is 2. The van der Waals surface area contributed by atoms with Gasteiger partial charge in [0.2, 0.25) is 0 Å². The largest absolute Gasteiger partial charge is 0.334 e. The first-order chi connectivity index (χ1) is 11.7. The molecule has 0 saturated carbocycles. The van der Waals surface area contributed by atoms with E-state index >= 15 is 0 Å². The van der Waals surface area contributed by atoms with Crippen LogP contribution in [-0.4, -0.2) is 15.6 Å². The molecule has 3 rings (SSSR count). The summed E-state index contributed by atoms with van der Waals surface area (Å²) in [5.41, 5.74) is 2.27. The second-order valence-electron chi connectivity index (χ2n) is 5.34. The van der Waals surface area contributed by atoms with Crippen LogP contribution in [0.15, 0.2) is 67.3 Å². The van der Waals surface area contributed by atoms with E-state index in [4.69, 9.17) is 0 Å². The number of para-hydroxylation sites is 1. The summed E-state index contributed by atoms with van der Waals surface area (Å²) in [6, 6.07) is 13.5.